The van der Waals surface area contributed by atoms with Crippen LogP contribution in [0.5, 0.6) is 0 Å². The molecule has 2 aromatic heterocycles. The Balaban J connectivity index is 1.43. The van der Waals surface area contributed by atoms with Crippen molar-refractivity contribution >= 4 is 32.3 Å². The van der Waals surface area contributed by atoms with Gasteiger partial charge in [0.1, 0.15) is 0 Å². The Morgan fingerprint density at radius 3 is 1.40 bits per heavy atom. The van der Waals surface area contributed by atoms with E-state index >= 15 is 0 Å². The van der Waals surface area contributed by atoms with E-state index in [2.05, 4.69) is 131 Å². The number of rotatable bonds is 4. The van der Waals surface area contributed by atoms with Crippen LogP contribution in [0.25, 0.3) is 76.8 Å². The first-order valence-corrected chi connectivity index (χ1v) is 14.2. The second kappa shape index (κ2) is 10.1. The molecule has 0 aliphatic carbocycles. The minimum Gasteiger partial charge on any atom is -0.264 e. The lowest BCUT2D eigenvalue weighted by Crippen LogP contribution is -1.92. The third kappa shape index (κ3) is 4.05. The number of fused-ring (bicyclic) bond motifs is 3. The highest BCUT2D eigenvalue weighted by atomic mass is 14.6. The van der Waals surface area contributed by atoms with Crippen molar-refractivity contribution in [3.05, 3.63) is 158 Å². The molecule has 0 atom stereocenters. The molecular weight excluding hydrogens is 508 g/mol. The second-order valence-electron chi connectivity index (χ2n) is 10.6. The largest absolute Gasteiger partial charge is 0.264 e. The summed E-state index contributed by atoms with van der Waals surface area (Å²) in [5.74, 6) is 0. The monoisotopic (exact) mass is 534 g/mol. The quantitative estimate of drug-likeness (QED) is 0.210. The summed E-state index contributed by atoms with van der Waals surface area (Å²) in [5.41, 5.74) is 9.52. The van der Waals surface area contributed by atoms with E-state index in [9.17, 15) is 0 Å². The predicted molar refractivity (Wildman–Crippen MR) is 176 cm³/mol. The van der Waals surface area contributed by atoms with Gasteiger partial charge in [0, 0.05) is 30.4 Å². The SMILES string of the molecule is c1cncc(-c2ccc(-c3c4ccccc4c(-c4cc(-c5cccnc5)cc5ccccc45)c4ccccc34)cc2)c1. The molecule has 0 radical (unpaired) electrons. The van der Waals surface area contributed by atoms with Crippen LogP contribution in [0.15, 0.2) is 158 Å². The first kappa shape index (κ1) is 24.2. The maximum atomic E-state index is 4.41. The molecule has 0 saturated carbocycles. The molecule has 0 spiro atoms. The topological polar surface area (TPSA) is 25.8 Å². The summed E-state index contributed by atoms with van der Waals surface area (Å²) in [5, 5.41) is 7.45. The summed E-state index contributed by atoms with van der Waals surface area (Å²) in [4.78, 5) is 8.72. The lowest BCUT2D eigenvalue weighted by molar-refractivity contribution is 1.33. The van der Waals surface area contributed by atoms with Crippen molar-refractivity contribution in [1.29, 1.82) is 0 Å². The average molecular weight is 535 g/mol. The Hall–Kier alpha value is -5.60. The molecule has 196 valence electrons. The summed E-state index contributed by atoms with van der Waals surface area (Å²) in [6.45, 7) is 0. The minimum absolute atomic E-state index is 1.11. The van der Waals surface area contributed by atoms with E-state index in [0.29, 0.717) is 0 Å². The molecule has 0 aliphatic rings. The summed E-state index contributed by atoms with van der Waals surface area (Å²) in [6.07, 6.45) is 7.50. The Bertz CT molecular complexity index is 2160. The van der Waals surface area contributed by atoms with E-state index in [4.69, 9.17) is 0 Å². The second-order valence-corrected chi connectivity index (χ2v) is 10.6. The highest BCUT2D eigenvalue weighted by Crippen LogP contribution is 2.46. The van der Waals surface area contributed by atoms with Crippen LogP contribution in [0.3, 0.4) is 0 Å². The molecule has 0 N–H and O–H groups in total. The Kier molecular flexibility index (Phi) is 5.82. The van der Waals surface area contributed by atoms with Crippen molar-refractivity contribution in [3.63, 3.8) is 0 Å². The van der Waals surface area contributed by atoms with Crippen LogP contribution in [-0.4, -0.2) is 9.97 Å². The van der Waals surface area contributed by atoms with Crippen molar-refractivity contribution in [3.8, 4) is 44.5 Å². The molecule has 8 rings (SSSR count). The van der Waals surface area contributed by atoms with Crippen LogP contribution in [0, 0.1) is 0 Å². The maximum Gasteiger partial charge on any atom is 0.0346 e. The third-order valence-electron chi connectivity index (χ3n) is 8.23. The van der Waals surface area contributed by atoms with Crippen LogP contribution in [0.1, 0.15) is 0 Å². The van der Waals surface area contributed by atoms with Gasteiger partial charge >= 0.3 is 0 Å². The van der Waals surface area contributed by atoms with Gasteiger partial charge in [-0.25, -0.2) is 0 Å². The molecule has 6 aromatic carbocycles. The van der Waals surface area contributed by atoms with Crippen molar-refractivity contribution in [2.75, 3.05) is 0 Å². The van der Waals surface area contributed by atoms with Gasteiger partial charge in [0.25, 0.3) is 0 Å². The molecule has 0 bridgehead atoms. The number of benzene rings is 6. The number of nitrogens with zero attached hydrogens (tertiary/aromatic N) is 2. The van der Waals surface area contributed by atoms with Crippen molar-refractivity contribution in [1.82, 2.24) is 9.97 Å². The summed E-state index contributed by atoms with van der Waals surface area (Å²) < 4.78 is 0. The summed E-state index contributed by atoms with van der Waals surface area (Å²) >= 11 is 0. The maximum absolute atomic E-state index is 4.41. The fourth-order valence-corrected chi connectivity index (χ4v) is 6.31. The molecule has 42 heavy (non-hydrogen) atoms. The molecule has 0 fully saturated rings. The normalized spacial score (nSPS) is 11.3. The predicted octanol–water partition coefficient (Wildman–Crippen LogP) is 10.6. The third-order valence-corrected chi connectivity index (χ3v) is 8.23. The standard InChI is InChI=1S/C40H26N2/c1-2-12-33-29(9-1)23-32(31-11-8-22-42-26-31)24-38(33)40-36-15-5-3-13-34(36)39(35-14-4-6-16-37(35)40)28-19-17-27(18-20-28)30-10-7-21-41-25-30/h1-26H. The van der Waals surface area contributed by atoms with Crippen LogP contribution >= 0.6 is 0 Å². The first-order chi connectivity index (χ1) is 20.8. The Labute approximate surface area is 244 Å². The van der Waals surface area contributed by atoms with Gasteiger partial charge in [0.2, 0.25) is 0 Å². The molecule has 0 unspecified atom stereocenters. The van der Waals surface area contributed by atoms with Crippen LogP contribution in [-0.2, 0) is 0 Å². The van der Waals surface area contributed by atoms with E-state index in [1.54, 1.807) is 0 Å². The number of aromatic nitrogens is 2. The van der Waals surface area contributed by atoms with E-state index in [1.165, 1.54) is 60.1 Å². The van der Waals surface area contributed by atoms with Crippen LogP contribution in [0.4, 0.5) is 0 Å². The van der Waals surface area contributed by atoms with E-state index in [0.717, 1.165) is 16.7 Å². The number of pyridine rings is 2. The van der Waals surface area contributed by atoms with Crippen LogP contribution < -0.4 is 0 Å². The highest BCUT2D eigenvalue weighted by Gasteiger charge is 2.18. The fourth-order valence-electron chi connectivity index (χ4n) is 6.31. The summed E-state index contributed by atoms with van der Waals surface area (Å²) in [6, 6.07) is 48.1. The minimum atomic E-state index is 1.11. The zero-order valence-corrected chi connectivity index (χ0v) is 22.9. The Morgan fingerprint density at radius 2 is 0.833 bits per heavy atom. The lowest BCUT2D eigenvalue weighted by atomic mass is 9.83. The smallest absolute Gasteiger partial charge is 0.0346 e. The van der Waals surface area contributed by atoms with E-state index in [1.807, 2.05) is 36.9 Å². The zero-order valence-electron chi connectivity index (χ0n) is 22.9. The van der Waals surface area contributed by atoms with Crippen molar-refractivity contribution in [2.24, 2.45) is 0 Å². The molecule has 2 nitrogen and oxygen atoms in total. The van der Waals surface area contributed by atoms with Gasteiger partial charge in [-0.15, -0.1) is 0 Å². The zero-order chi connectivity index (χ0) is 27.9. The van der Waals surface area contributed by atoms with Crippen molar-refractivity contribution < 1.29 is 0 Å². The molecule has 0 saturated heterocycles. The molecular formula is C40H26N2. The van der Waals surface area contributed by atoms with E-state index < -0.39 is 0 Å². The van der Waals surface area contributed by atoms with Gasteiger partial charge in [-0.3, -0.25) is 9.97 Å². The average Bonchev–Trinajstić information content (AvgIpc) is 3.07. The van der Waals surface area contributed by atoms with Gasteiger partial charge in [-0.05, 0) is 95.5 Å². The van der Waals surface area contributed by atoms with Gasteiger partial charge in [0.05, 0.1) is 0 Å². The molecule has 0 amide bonds. The van der Waals surface area contributed by atoms with Crippen LogP contribution in [0.2, 0.25) is 0 Å². The fraction of sp³-hybridized carbons (Fsp3) is 0. The lowest BCUT2D eigenvalue weighted by Gasteiger charge is -2.19. The van der Waals surface area contributed by atoms with Gasteiger partial charge in [-0.2, -0.15) is 0 Å². The molecule has 2 heterocycles. The van der Waals surface area contributed by atoms with E-state index in [-0.39, 0.29) is 0 Å². The first-order valence-electron chi connectivity index (χ1n) is 14.2. The van der Waals surface area contributed by atoms with Gasteiger partial charge < -0.3 is 0 Å². The summed E-state index contributed by atoms with van der Waals surface area (Å²) in [7, 11) is 0. The Morgan fingerprint density at radius 1 is 0.333 bits per heavy atom. The van der Waals surface area contributed by atoms with Gasteiger partial charge in [0.15, 0.2) is 0 Å². The number of hydrogen-bond acceptors (Lipinski definition) is 2. The number of hydrogen-bond donors (Lipinski definition) is 0. The molecule has 0 aliphatic heterocycles. The van der Waals surface area contributed by atoms with Gasteiger partial charge in [-0.1, -0.05) is 109 Å². The molecule has 8 aromatic rings. The highest BCUT2D eigenvalue weighted by molar-refractivity contribution is 6.23. The van der Waals surface area contributed by atoms with Crippen molar-refractivity contribution in [2.45, 2.75) is 0 Å². The molecule has 2 heteroatoms.